The molecule has 2 fully saturated rings. The smallest absolute Gasteiger partial charge is 0.249 e. The van der Waals surface area contributed by atoms with Crippen molar-refractivity contribution in [2.75, 3.05) is 6.54 Å². The summed E-state index contributed by atoms with van der Waals surface area (Å²) >= 11 is 0. The standard InChI is InChI=1S/C18H20FN3O2/c1-11-9-14(11)18(23)22-8-3-2-7-15(22)17-20-16(21-24-17)12-5-4-6-13(19)10-12/h4-6,10-11,14-15H,2-3,7-9H2,1H3/t11-,14-,15+/m1/s1. The number of nitrogens with zero attached hydrogens (tertiary/aromatic N) is 3. The summed E-state index contributed by atoms with van der Waals surface area (Å²) in [6.45, 7) is 2.85. The van der Waals surface area contributed by atoms with Crippen molar-refractivity contribution in [3.8, 4) is 11.4 Å². The fourth-order valence-corrected chi connectivity index (χ4v) is 3.45. The van der Waals surface area contributed by atoms with E-state index < -0.39 is 0 Å². The quantitative estimate of drug-likeness (QED) is 0.863. The summed E-state index contributed by atoms with van der Waals surface area (Å²) in [5.74, 6) is 1.31. The molecule has 1 amide bonds. The fourth-order valence-electron chi connectivity index (χ4n) is 3.45. The number of likely N-dealkylation sites (tertiary alicyclic amines) is 1. The molecule has 0 bridgehead atoms. The molecule has 1 aliphatic heterocycles. The molecule has 3 atom stereocenters. The van der Waals surface area contributed by atoms with Gasteiger partial charge in [-0.3, -0.25) is 4.79 Å². The molecule has 0 unspecified atom stereocenters. The van der Waals surface area contributed by atoms with Crippen molar-refractivity contribution >= 4 is 5.91 Å². The molecule has 0 radical (unpaired) electrons. The third-order valence-corrected chi connectivity index (χ3v) is 5.02. The van der Waals surface area contributed by atoms with Crippen LogP contribution in [0.5, 0.6) is 0 Å². The Kier molecular flexibility index (Phi) is 3.82. The van der Waals surface area contributed by atoms with E-state index in [1.54, 1.807) is 12.1 Å². The molecule has 24 heavy (non-hydrogen) atoms. The van der Waals surface area contributed by atoms with E-state index in [0.29, 0.717) is 23.2 Å². The Morgan fingerprint density at radius 1 is 1.38 bits per heavy atom. The van der Waals surface area contributed by atoms with Crippen molar-refractivity contribution < 1.29 is 13.7 Å². The highest BCUT2D eigenvalue weighted by Crippen LogP contribution is 2.42. The number of rotatable bonds is 3. The van der Waals surface area contributed by atoms with Crippen LogP contribution < -0.4 is 0 Å². The van der Waals surface area contributed by atoms with Crippen molar-refractivity contribution in [2.24, 2.45) is 11.8 Å². The van der Waals surface area contributed by atoms with Crippen molar-refractivity contribution in [3.05, 3.63) is 36.0 Å². The lowest BCUT2D eigenvalue weighted by atomic mass is 10.0. The highest BCUT2D eigenvalue weighted by atomic mass is 19.1. The molecule has 0 N–H and O–H groups in total. The molecule has 2 heterocycles. The summed E-state index contributed by atoms with van der Waals surface area (Å²) in [6, 6.07) is 5.96. The Hall–Kier alpha value is -2.24. The van der Waals surface area contributed by atoms with Crippen LogP contribution in [0.2, 0.25) is 0 Å². The van der Waals surface area contributed by atoms with E-state index in [1.165, 1.54) is 12.1 Å². The monoisotopic (exact) mass is 329 g/mol. The van der Waals surface area contributed by atoms with Crippen LogP contribution in [0.1, 0.15) is 44.5 Å². The number of hydrogen-bond acceptors (Lipinski definition) is 4. The average molecular weight is 329 g/mol. The summed E-state index contributed by atoms with van der Waals surface area (Å²) in [4.78, 5) is 19.0. The Balaban J connectivity index is 1.58. The van der Waals surface area contributed by atoms with Gasteiger partial charge in [-0.2, -0.15) is 4.98 Å². The SMILES string of the molecule is C[C@@H]1C[C@H]1C(=O)N1CCCC[C@H]1c1nc(-c2cccc(F)c2)no1. The third kappa shape index (κ3) is 2.81. The van der Waals surface area contributed by atoms with Crippen LogP contribution in [0, 0.1) is 17.7 Å². The fraction of sp³-hybridized carbons (Fsp3) is 0.500. The number of carbonyl (C=O) groups is 1. The molecule has 2 aromatic rings. The first-order valence-electron chi connectivity index (χ1n) is 8.53. The highest BCUT2D eigenvalue weighted by molar-refractivity contribution is 5.82. The van der Waals surface area contributed by atoms with Crippen molar-refractivity contribution in [3.63, 3.8) is 0 Å². The zero-order valence-corrected chi connectivity index (χ0v) is 13.6. The summed E-state index contributed by atoms with van der Waals surface area (Å²) < 4.78 is 18.8. The van der Waals surface area contributed by atoms with Gasteiger partial charge in [-0.25, -0.2) is 4.39 Å². The van der Waals surface area contributed by atoms with Gasteiger partial charge in [-0.15, -0.1) is 0 Å². The molecule has 2 aliphatic rings. The van der Waals surface area contributed by atoms with Gasteiger partial charge >= 0.3 is 0 Å². The summed E-state index contributed by atoms with van der Waals surface area (Å²) in [7, 11) is 0. The highest BCUT2D eigenvalue weighted by Gasteiger charge is 2.44. The molecule has 1 saturated carbocycles. The molecule has 1 aromatic carbocycles. The molecule has 6 heteroatoms. The molecule has 1 saturated heterocycles. The number of carbonyl (C=O) groups excluding carboxylic acids is 1. The minimum absolute atomic E-state index is 0.149. The van der Waals surface area contributed by atoms with Gasteiger partial charge in [0.05, 0.1) is 0 Å². The van der Waals surface area contributed by atoms with Crippen LogP contribution in [0.3, 0.4) is 0 Å². The molecule has 5 nitrogen and oxygen atoms in total. The number of benzene rings is 1. The Bertz CT molecular complexity index is 760. The van der Waals surface area contributed by atoms with E-state index in [0.717, 1.165) is 32.2 Å². The van der Waals surface area contributed by atoms with Crippen molar-refractivity contribution in [2.45, 2.75) is 38.6 Å². The van der Waals surface area contributed by atoms with Crippen LogP contribution in [-0.4, -0.2) is 27.5 Å². The largest absolute Gasteiger partial charge is 0.337 e. The van der Waals surface area contributed by atoms with Gasteiger partial charge in [0.15, 0.2) is 0 Å². The van der Waals surface area contributed by atoms with Crippen LogP contribution in [-0.2, 0) is 4.79 Å². The summed E-state index contributed by atoms with van der Waals surface area (Å²) in [6.07, 6.45) is 3.85. The van der Waals surface area contributed by atoms with E-state index in [9.17, 15) is 9.18 Å². The number of amides is 1. The number of halogens is 1. The first-order chi connectivity index (χ1) is 11.6. The van der Waals surface area contributed by atoms with Crippen LogP contribution >= 0.6 is 0 Å². The normalized spacial score (nSPS) is 26.4. The molecule has 1 aromatic heterocycles. The average Bonchev–Trinajstić information content (AvgIpc) is 3.12. The topological polar surface area (TPSA) is 59.2 Å². The van der Waals surface area contributed by atoms with E-state index in [2.05, 4.69) is 17.1 Å². The van der Waals surface area contributed by atoms with Gasteiger partial charge in [0.1, 0.15) is 11.9 Å². The van der Waals surface area contributed by atoms with E-state index in [4.69, 9.17) is 4.52 Å². The molecule has 0 spiro atoms. The Labute approximate surface area is 139 Å². The second kappa shape index (κ2) is 6.00. The predicted molar refractivity (Wildman–Crippen MR) is 85.3 cm³/mol. The first kappa shape index (κ1) is 15.3. The summed E-state index contributed by atoms with van der Waals surface area (Å²) in [5, 5.41) is 3.98. The molecular formula is C18H20FN3O2. The maximum absolute atomic E-state index is 13.4. The predicted octanol–water partition coefficient (Wildman–Crippen LogP) is 3.59. The molecule has 1 aliphatic carbocycles. The lowest BCUT2D eigenvalue weighted by Gasteiger charge is -2.33. The van der Waals surface area contributed by atoms with Gasteiger partial charge < -0.3 is 9.42 Å². The maximum Gasteiger partial charge on any atom is 0.249 e. The van der Waals surface area contributed by atoms with E-state index in [-0.39, 0.29) is 23.7 Å². The van der Waals surface area contributed by atoms with Crippen LogP contribution in [0.25, 0.3) is 11.4 Å². The van der Waals surface area contributed by atoms with E-state index >= 15 is 0 Å². The Morgan fingerprint density at radius 2 is 2.21 bits per heavy atom. The Morgan fingerprint density at radius 3 is 2.96 bits per heavy atom. The minimum Gasteiger partial charge on any atom is -0.337 e. The first-order valence-corrected chi connectivity index (χ1v) is 8.53. The van der Waals surface area contributed by atoms with E-state index in [1.807, 2.05) is 4.90 Å². The maximum atomic E-state index is 13.4. The second-order valence-electron chi connectivity index (χ2n) is 6.83. The number of piperidine rings is 1. The van der Waals surface area contributed by atoms with Gasteiger partial charge in [0.25, 0.3) is 0 Å². The third-order valence-electron chi connectivity index (χ3n) is 5.02. The zero-order chi connectivity index (χ0) is 16.7. The van der Waals surface area contributed by atoms with Gasteiger partial charge in [0, 0.05) is 18.0 Å². The van der Waals surface area contributed by atoms with Gasteiger partial charge in [0.2, 0.25) is 17.6 Å². The second-order valence-corrected chi connectivity index (χ2v) is 6.83. The van der Waals surface area contributed by atoms with Crippen molar-refractivity contribution in [1.29, 1.82) is 0 Å². The van der Waals surface area contributed by atoms with Gasteiger partial charge in [-0.05, 0) is 43.7 Å². The minimum atomic E-state index is -0.337. The lowest BCUT2D eigenvalue weighted by molar-refractivity contribution is -0.137. The van der Waals surface area contributed by atoms with Crippen molar-refractivity contribution in [1.82, 2.24) is 15.0 Å². The lowest BCUT2D eigenvalue weighted by Crippen LogP contribution is -2.39. The zero-order valence-electron chi connectivity index (χ0n) is 13.6. The van der Waals surface area contributed by atoms with Gasteiger partial charge in [-0.1, -0.05) is 24.2 Å². The molecular weight excluding hydrogens is 309 g/mol. The summed E-state index contributed by atoms with van der Waals surface area (Å²) in [5.41, 5.74) is 0.578. The molecule has 4 rings (SSSR count). The van der Waals surface area contributed by atoms with Crippen LogP contribution in [0.4, 0.5) is 4.39 Å². The number of aromatic nitrogens is 2. The molecule has 126 valence electrons. The number of hydrogen-bond donors (Lipinski definition) is 0. The van der Waals surface area contributed by atoms with Crippen LogP contribution in [0.15, 0.2) is 28.8 Å².